The summed E-state index contributed by atoms with van der Waals surface area (Å²) in [5.41, 5.74) is 1.10. The topological polar surface area (TPSA) is 121 Å². The molecular formula is C43H69N5O6S. The molecule has 1 aliphatic heterocycles. The summed E-state index contributed by atoms with van der Waals surface area (Å²) in [5.74, 6) is -1.26. The van der Waals surface area contributed by atoms with Crippen LogP contribution in [0.1, 0.15) is 97.2 Å². The summed E-state index contributed by atoms with van der Waals surface area (Å²) in [7, 11) is 8.80. The Labute approximate surface area is 334 Å². The Bertz CT molecular complexity index is 1480. The van der Waals surface area contributed by atoms with Crippen molar-refractivity contribution >= 4 is 34.8 Å². The van der Waals surface area contributed by atoms with Crippen LogP contribution in [0.15, 0.2) is 41.9 Å². The fourth-order valence-corrected chi connectivity index (χ4v) is 9.22. The summed E-state index contributed by atoms with van der Waals surface area (Å²) in [6.07, 6.45) is 3.74. The molecule has 1 aromatic heterocycles. The highest BCUT2D eigenvalue weighted by Crippen LogP contribution is 2.31. The summed E-state index contributed by atoms with van der Waals surface area (Å²) >= 11 is 1.51. The van der Waals surface area contributed by atoms with Crippen LogP contribution in [0.5, 0.6) is 0 Å². The highest BCUT2D eigenvalue weighted by atomic mass is 32.1. The number of hydrogen-bond donors (Lipinski definition) is 1. The van der Waals surface area contributed by atoms with Crippen LogP contribution in [0.25, 0.3) is 0 Å². The van der Waals surface area contributed by atoms with Crippen LogP contribution >= 0.6 is 11.3 Å². The van der Waals surface area contributed by atoms with Gasteiger partial charge in [-0.15, -0.1) is 11.3 Å². The van der Waals surface area contributed by atoms with Gasteiger partial charge in [-0.05, 0) is 56.7 Å². The molecule has 0 radical (unpaired) electrons. The summed E-state index contributed by atoms with van der Waals surface area (Å²) < 4.78 is 12.1. The summed E-state index contributed by atoms with van der Waals surface area (Å²) in [5, 5.41) is 5.98. The van der Waals surface area contributed by atoms with Gasteiger partial charge in [-0.3, -0.25) is 24.1 Å². The van der Waals surface area contributed by atoms with Crippen LogP contribution in [0.3, 0.4) is 0 Å². The highest BCUT2D eigenvalue weighted by molar-refractivity contribution is 7.09. The number of Topliss-reactive ketones (excluding diaryl/α,β-unsaturated/α-hetero) is 1. The quantitative estimate of drug-likeness (QED) is 0.148. The third-order valence-electron chi connectivity index (χ3n) is 11.7. The molecule has 2 aromatic rings. The Kier molecular flexibility index (Phi) is 18.4. The molecule has 308 valence electrons. The second-order valence-electron chi connectivity index (χ2n) is 16.4. The second-order valence-corrected chi connectivity index (χ2v) is 17.3. The summed E-state index contributed by atoms with van der Waals surface area (Å²) in [4.78, 5) is 66.1. The number of ketones is 1. The number of thiazole rings is 1. The average molecular weight is 784 g/mol. The highest BCUT2D eigenvalue weighted by Gasteiger charge is 2.43. The van der Waals surface area contributed by atoms with Crippen molar-refractivity contribution in [3.63, 3.8) is 0 Å². The maximum Gasteiger partial charge on any atom is 0.226 e. The molecule has 0 spiro atoms. The van der Waals surface area contributed by atoms with Gasteiger partial charge in [0, 0.05) is 51.7 Å². The van der Waals surface area contributed by atoms with Crippen LogP contribution in [0, 0.1) is 29.6 Å². The number of carbonyl (C=O) groups is 4. The van der Waals surface area contributed by atoms with Gasteiger partial charge in [0.15, 0.2) is 5.78 Å². The molecule has 12 heteroatoms. The van der Waals surface area contributed by atoms with Gasteiger partial charge >= 0.3 is 0 Å². The largest absolute Gasteiger partial charge is 0.379 e. The lowest BCUT2D eigenvalue weighted by Gasteiger charge is -2.41. The SMILES string of the molecule is CC[C@H](C)[C@@H]([C@@H](CC(=O)N1CCC[C@H]1[C@H](OC)[C@@H](C)C(=O)N[C@@H](Cc1ccccc1)c1nccs1)OC)N(C)C(=O)[C@@H](CC(=O)[C@H](C(C)C)N(C)C)C(C)C. The van der Waals surface area contributed by atoms with E-state index in [2.05, 4.69) is 24.1 Å². The minimum atomic E-state index is -0.579. The minimum absolute atomic E-state index is 0.0203. The first kappa shape index (κ1) is 46.2. The van der Waals surface area contributed by atoms with Crippen LogP contribution in [-0.4, -0.2) is 115 Å². The van der Waals surface area contributed by atoms with Gasteiger partial charge in [-0.1, -0.05) is 85.2 Å². The van der Waals surface area contributed by atoms with Gasteiger partial charge in [-0.25, -0.2) is 4.98 Å². The molecule has 0 unspecified atom stereocenters. The Morgan fingerprint density at radius 1 is 0.964 bits per heavy atom. The average Bonchev–Trinajstić information content (AvgIpc) is 3.87. The van der Waals surface area contributed by atoms with E-state index in [4.69, 9.17) is 9.47 Å². The van der Waals surface area contributed by atoms with Crippen molar-refractivity contribution in [1.82, 2.24) is 25.0 Å². The molecule has 0 bridgehead atoms. The third-order valence-corrected chi connectivity index (χ3v) is 12.6. The predicted octanol–water partition coefficient (Wildman–Crippen LogP) is 6.28. The van der Waals surface area contributed by atoms with Crippen LogP contribution in [0.2, 0.25) is 0 Å². The first-order valence-electron chi connectivity index (χ1n) is 20.1. The Morgan fingerprint density at radius 3 is 2.16 bits per heavy atom. The number of likely N-dealkylation sites (N-methyl/N-ethyl adjacent to an activating group) is 2. The van der Waals surface area contributed by atoms with Gasteiger partial charge in [0.2, 0.25) is 17.7 Å². The Morgan fingerprint density at radius 2 is 1.64 bits per heavy atom. The standard InChI is InChI=1S/C43H69N5O6S/c1-13-29(6)39(47(10)43(52)32(27(2)3)25-35(49)38(28(4)5)46(8)9)36(53-11)26-37(50)48-22-17-20-34(48)40(54-12)30(7)41(51)45-33(42-44-21-23-55-42)24-31-18-15-14-16-19-31/h14-16,18-19,21,23,27-30,32-34,36,38-40H,13,17,20,22,24-26H2,1-12H3,(H,45,51)/t29-,30+,32-,33-,34-,36+,38-,39-,40+/m0/s1. The number of amides is 3. The molecule has 9 atom stereocenters. The number of aromatic nitrogens is 1. The molecule has 11 nitrogen and oxygen atoms in total. The maximum atomic E-state index is 14.3. The normalized spacial score (nSPS) is 19.1. The van der Waals surface area contributed by atoms with Crippen LogP contribution in [0.4, 0.5) is 0 Å². The fourth-order valence-electron chi connectivity index (χ4n) is 8.53. The smallest absolute Gasteiger partial charge is 0.226 e. The fraction of sp³-hybridized carbons (Fsp3) is 0.698. The van der Waals surface area contributed by atoms with E-state index in [-0.39, 0.29) is 72.2 Å². The number of methoxy groups -OCH3 is 2. The molecule has 2 heterocycles. The van der Waals surface area contributed by atoms with E-state index in [1.54, 1.807) is 32.4 Å². The molecule has 3 rings (SSSR count). The molecule has 1 aliphatic rings. The number of likely N-dealkylation sites (tertiary alicyclic amines) is 1. The molecule has 55 heavy (non-hydrogen) atoms. The molecule has 0 aliphatic carbocycles. The maximum absolute atomic E-state index is 14.3. The first-order valence-corrected chi connectivity index (χ1v) is 21.0. The number of benzene rings is 1. The van der Waals surface area contributed by atoms with E-state index in [0.717, 1.165) is 23.4 Å². The number of carbonyl (C=O) groups excluding carboxylic acids is 4. The molecule has 1 fully saturated rings. The second kappa shape index (κ2) is 21.9. The lowest BCUT2D eigenvalue weighted by atomic mass is 9.83. The Hall–Kier alpha value is -3.19. The van der Waals surface area contributed by atoms with Crippen LogP contribution in [-0.2, 0) is 35.1 Å². The van der Waals surface area contributed by atoms with E-state index in [9.17, 15) is 19.2 Å². The molecule has 3 amide bonds. The molecular weight excluding hydrogens is 715 g/mol. The number of nitrogens with one attached hydrogen (secondary N) is 1. The number of nitrogens with zero attached hydrogens (tertiary/aromatic N) is 4. The lowest BCUT2D eigenvalue weighted by Crippen LogP contribution is -2.54. The first-order chi connectivity index (χ1) is 26.1. The molecule has 0 saturated carbocycles. The van der Waals surface area contributed by atoms with E-state index < -0.39 is 30.1 Å². The van der Waals surface area contributed by atoms with E-state index in [0.29, 0.717) is 19.4 Å². The van der Waals surface area contributed by atoms with Gasteiger partial charge in [-0.2, -0.15) is 0 Å². The van der Waals surface area contributed by atoms with E-state index >= 15 is 0 Å². The zero-order valence-corrected chi connectivity index (χ0v) is 36.3. The lowest BCUT2D eigenvalue weighted by molar-refractivity contribution is -0.149. The zero-order valence-electron chi connectivity index (χ0n) is 35.5. The number of rotatable bonds is 22. The molecule has 1 saturated heterocycles. The van der Waals surface area contributed by atoms with E-state index in [1.807, 2.05) is 94.2 Å². The van der Waals surface area contributed by atoms with Gasteiger partial charge < -0.3 is 24.6 Å². The van der Waals surface area contributed by atoms with Crippen molar-refractivity contribution in [1.29, 1.82) is 0 Å². The zero-order chi connectivity index (χ0) is 41.0. The van der Waals surface area contributed by atoms with Crippen molar-refractivity contribution in [3.05, 3.63) is 52.5 Å². The third kappa shape index (κ3) is 12.2. The molecule has 1 N–H and O–H groups in total. The van der Waals surface area contributed by atoms with Gasteiger partial charge in [0.25, 0.3) is 0 Å². The van der Waals surface area contributed by atoms with Gasteiger partial charge in [0.05, 0.1) is 48.7 Å². The van der Waals surface area contributed by atoms with Crippen LogP contribution < -0.4 is 5.32 Å². The van der Waals surface area contributed by atoms with Crippen molar-refractivity contribution in [2.45, 2.75) is 123 Å². The Balaban J connectivity index is 1.79. The minimum Gasteiger partial charge on any atom is -0.379 e. The molecule has 1 aromatic carbocycles. The van der Waals surface area contributed by atoms with Crippen molar-refractivity contribution in [2.75, 3.05) is 41.9 Å². The summed E-state index contributed by atoms with van der Waals surface area (Å²) in [6.45, 7) is 14.6. The van der Waals surface area contributed by atoms with Crippen molar-refractivity contribution < 1.29 is 28.7 Å². The van der Waals surface area contributed by atoms with Crippen molar-refractivity contribution in [2.24, 2.45) is 29.6 Å². The number of hydrogen-bond acceptors (Lipinski definition) is 9. The summed E-state index contributed by atoms with van der Waals surface area (Å²) in [6, 6.07) is 8.76. The van der Waals surface area contributed by atoms with E-state index in [1.165, 1.54) is 11.3 Å². The number of ether oxygens (including phenoxy) is 2. The van der Waals surface area contributed by atoms with Crippen molar-refractivity contribution in [3.8, 4) is 0 Å². The van der Waals surface area contributed by atoms with Gasteiger partial charge in [0.1, 0.15) is 5.01 Å². The predicted molar refractivity (Wildman–Crippen MR) is 220 cm³/mol. The monoisotopic (exact) mass is 783 g/mol.